The molecule has 1 spiro atoms. The van der Waals surface area contributed by atoms with Crippen LogP contribution in [0.15, 0.2) is 170 Å². The van der Waals surface area contributed by atoms with Gasteiger partial charge in [-0.1, -0.05) is 152 Å². The van der Waals surface area contributed by atoms with Crippen molar-refractivity contribution in [3.8, 4) is 67.1 Å². The van der Waals surface area contributed by atoms with E-state index in [2.05, 4.69) is 170 Å². The summed E-state index contributed by atoms with van der Waals surface area (Å²) in [5, 5.41) is 2.38. The van der Waals surface area contributed by atoms with Crippen LogP contribution in [0.1, 0.15) is 22.3 Å². The zero-order chi connectivity index (χ0) is 31.4. The Kier molecular flexibility index (Phi) is 5.10. The number of ether oxygens (including phenoxy) is 1. The van der Waals surface area contributed by atoms with Gasteiger partial charge < -0.3 is 4.74 Å². The fraction of sp³-hybridized carbons (Fsp3) is 0.0213. The fourth-order valence-electron chi connectivity index (χ4n) is 9.07. The molecule has 8 aromatic carbocycles. The minimum atomic E-state index is -0.362. The Morgan fingerprint density at radius 1 is 0.333 bits per heavy atom. The summed E-state index contributed by atoms with van der Waals surface area (Å²) in [6, 6.07) is 62.5. The van der Waals surface area contributed by atoms with Crippen LogP contribution in [-0.4, -0.2) is 0 Å². The molecule has 0 atom stereocenters. The Labute approximate surface area is 279 Å². The minimum Gasteiger partial charge on any atom is -0.456 e. The van der Waals surface area contributed by atoms with Crippen LogP contribution in [0.3, 0.4) is 0 Å². The summed E-state index contributed by atoms with van der Waals surface area (Å²) >= 11 is 0. The lowest BCUT2D eigenvalue weighted by molar-refractivity contribution is 0.487. The average Bonchev–Trinajstić information content (AvgIpc) is 3.63. The number of rotatable bonds is 2. The maximum Gasteiger partial charge on any atom is 0.135 e. The molecular weight excluding hydrogens is 581 g/mol. The first-order valence-electron chi connectivity index (χ1n) is 16.7. The highest BCUT2D eigenvalue weighted by molar-refractivity contribution is 6.06. The quantitative estimate of drug-likeness (QED) is 0.190. The number of benzene rings is 8. The summed E-state index contributed by atoms with van der Waals surface area (Å²) in [5.74, 6) is 1.82. The maximum atomic E-state index is 6.47. The maximum absolute atomic E-state index is 6.47. The van der Waals surface area contributed by atoms with Crippen molar-refractivity contribution >= 4 is 10.8 Å². The van der Waals surface area contributed by atoms with Crippen molar-refractivity contribution in [2.24, 2.45) is 0 Å². The SMILES string of the molecule is c1ccc(-c2cccc3c2-c2ccccc2C32c3ccccc3-c3ccccc32)c(-c2ccc3c(c2)-c2cccc4cccc(c24)O3)c1. The van der Waals surface area contributed by atoms with Crippen LogP contribution in [0.5, 0.6) is 11.5 Å². The van der Waals surface area contributed by atoms with E-state index < -0.39 is 0 Å². The lowest BCUT2D eigenvalue weighted by atomic mass is 9.70. The van der Waals surface area contributed by atoms with Crippen LogP contribution in [-0.2, 0) is 5.41 Å². The van der Waals surface area contributed by atoms with E-state index in [0.29, 0.717) is 0 Å². The largest absolute Gasteiger partial charge is 0.456 e. The molecule has 3 aliphatic rings. The van der Waals surface area contributed by atoms with Crippen molar-refractivity contribution in [3.63, 3.8) is 0 Å². The van der Waals surface area contributed by atoms with Crippen molar-refractivity contribution in [2.75, 3.05) is 0 Å². The first-order valence-corrected chi connectivity index (χ1v) is 16.7. The standard InChI is InChI=1S/C47H28O/c1-2-15-32(31(14-1)30-26-27-43-38(28-30)36-19-9-12-29-13-10-25-44(48-43)45(29)36)35-20-11-24-42-46(35)37-18-5-8-23-41(37)47(42)39-21-6-3-16-33(39)34-17-4-7-22-40(34)47/h1-28H. The molecule has 0 saturated carbocycles. The summed E-state index contributed by atoms with van der Waals surface area (Å²) in [6.45, 7) is 0. The van der Waals surface area contributed by atoms with Gasteiger partial charge in [-0.25, -0.2) is 0 Å². The second-order valence-electron chi connectivity index (χ2n) is 13.1. The summed E-state index contributed by atoms with van der Waals surface area (Å²) in [5.41, 5.74) is 17.6. The second kappa shape index (κ2) is 9.44. The van der Waals surface area contributed by atoms with Gasteiger partial charge in [-0.2, -0.15) is 0 Å². The topological polar surface area (TPSA) is 9.23 Å². The van der Waals surface area contributed by atoms with Gasteiger partial charge in [0.15, 0.2) is 0 Å². The van der Waals surface area contributed by atoms with Crippen molar-refractivity contribution in [2.45, 2.75) is 5.41 Å². The summed E-state index contributed by atoms with van der Waals surface area (Å²) < 4.78 is 6.47. The van der Waals surface area contributed by atoms with Crippen molar-refractivity contribution in [1.29, 1.82) is 0 Å². The van der Waals surface area contributed by atoms with Gasteiger partial charge in [-0.05, 0) is 95.9 Å². The molecule has 0 bridgehead atoms. The Bertz CT molecular complexity index is 2610. The van der Waals surface area contributed by atoms with Gasteiger partial charge in [0.2, 0.25) is 0 Å². The Morgan fingerprint density at radius 3 is 1.62 bits per heavy atom. The first-order chi connectivity index (χ1) is 23.8. The Balaban J connectivity index is 1.16. The van der Waals surface area contributed by atoms with E-state index in [4.69, 9.17) is 4.74 Å². The summed E-state index contributed by atoms with van der Waals surface area (Å²) in [7, 11) is 0. The van der Waals surface area contributed by atoms with E-state index in [1.54, 1.807) is 0 Å². The Hall–Kier alpha value is -6.18. The highest BCUT2D eigenvalue weighted by Crippen LogP contribution is 2.64. The normalized spacial score (nSPS) is 13.8. The molecule has 0 fully saturated rings. The zero-order valence-corrected chi connectivity index (χ0v) is 26.1. The molecule has 2 aliphatic carbocycles. The van der Waals surface area contributed by atoms with E-state index in [0.717, 1.165) is 17.1 Å². The molecule has 8 aromatic rings. The van der Waals surface area contributed by atoms with E-state index in [1.165, 1.54) is 83.1 Å². The van der Waals surface area contributed by atoms with Crippen LogP contribution in [0, 0.1) is 0 Å². The lowest BCUT2D eigenvalue weighted by Crippen LogP contribution is -2.25. The highest BCUT2D eigenvalue weighted by Gasteiger charge is 2.52. The monoisotopic (exact) mass is 608 g/mol. The predicted molar refractivity (Wildman–Crippen MR) is 197 cm³/mol. The zero-order valence-electron chi connectivity index (χ0n) is 26.1. The van der Waals surface area contributed by atoms with Gasteiger partial charge >= 0.3 is 0 Å². The van der Waals surface area contributed by atoms with Crippen LogP contribution in [0.25, 0.3) is 66.4 Å². The molecule has 48 heavy (non-hydrogen) atoms. The van der Waals surface area contributed by atoms with Crippen molar-refractivity contribution < 1.29 is 4.74 Å². The van der Waals surface area contributed by atoms with Crippen LogP contribution in [0.2, 0.25) is 0 Å². The molecular formula is C47H28O. The lowest BCUT2D eigenvalue weighted by Gasteiger charge is -2.30. The van der Waals surface area contributed by atoms with Gasteiger partial charge in [-0.15, -0.1) is 0 Å². The van der Waals surface area contributed by atoms with Crippen LogP contribution >= 0.6 is 0 Å². The van der Waals surface area contributed by atoms with Gasteiger partial charge in [0.05, 0.1) is 5.41 Å². The molecule has 0 unspecified atom stereocenters. The third-order valence-electron chi connectivity index (χ3n) is 10.9. The molecule has 0 N–H and O–H groups in total. The molecule has 11 rings (SSSR count). The summed E-state index contributed by atoms with van der Waals surface area (Å²) in [6.07, 6.45) is 0. The third-order valence-corrected chi connectivity index (χ3v) is 10.9. The first kappa shape index (κ1) is 25.9. The number of fused-ring (bicyclic) bond motifs is 12. The van der Waals surface area contributed by atoms with Crippen molar-refractivity contribution in [3.05, 3.63) is 192 Å². The van der Waals surface area contributed by atoms with Gasteiger partial charge in [0.25, 0.3) is 0 Å². The molecule has 1 heterocycles. The fourth-order valence-corrected chi connectivity index (χ4v) is 9.07. The molecule has 222 valence electrons. The van der Waals surface area contributed by atoms with E-state index in [1.807, 2.05) is 0 Å². The second-order valence-corrected chi connectivity index (χ2v) is 13.1. The molecule has 0 aromatic heterocycles. The molecule has 0 radical (unpaired) electrons. The van der Waals surface area contributed by atoms with E-state index in [-0.39, 0.29) is 5.41 Å². The van der Waals surface area contributed by atoms with Crippen LogP contribution in [0.4, 0.5) is 0 Å². The number of hydrogen-bond donors (Lipinski definition) is 0. The van der Waals surface area contributed by atoms with Gasteiger partial charge in [-0.3, -0.25) is 0 Å². The van der Waals surface area contributed by atoms with E-state index in [9.17, 15) is 0 Å². The highest BCUT2D eigenvalue weighted by atomic mass is 16.5. The Morgan fingerprint density at radius 2 is 0.875 bits per heavy atom. The smallest absolute Gasteiger partial charge is 0.135 e. The molecule has 1 heteroatoms. The van der Waals surface area contributed by atoms with E-state index >= 15 is 0 Å². The summed E-state index contributed by atoms with van der Waals surface area (Å²) in [4.78, 5) is 0. The van der Waals surface area contributed by atoms with Crippen molar-refractivity contribution in [1.82, 2.24) is 0 Å². The number of hydrogen-bond acceptors (Lipinski definition) is 1. The molecule has 1 aliphatic heterocycles. The van der Waals surface area contributed by atoms with Crippen LogP contribution < -0.4 is 4.74 Å². The molecule has 0 amide bonds. The molecule has 0 saturated heterocycles. The minimum absolute atomic E-state index is 0.362. The van der Waals surface area contributed by atoms with Gasteiger partial charge in [0.1, 0.15) is 11.5 Å². The van der Waals surface area contributed by atoms with Gasteiger partial charge in [0, 0.05) is 10.9 Å². The average molecular weight is 609 g/mol. The predicted octanol–water partition coefficient (Wildman–Crippen LogP) is 12.3. The third kappa shape index (κ3) is 3.21. The molecule has 1 nitrogen and oxygen atoms in total.